The van der Waals surface area contributed by atoms with E-state index in [0.29, 0.717) is 5.92 Å². The number of aromatic nitrogens is 1. The van der Waals surface area contributed by atoms with Crippen LogP contribution in [0.15, 0.2) is 97.2 Å². The summed E-state index contributed by atoms with van der Waals surface area (Å²) in [5.74, 6) is 0.551. The van der Waals surface area contributed by atoms with Crippen LogP contribution in [0.25, 0.3) is 33.5 Å². The molecule has 132 valence electrons. The topological polar surface area (TPSA) is 12.9 Å². The minimum Gasteiger partial charge on any atom is -0.256 e. The molecule has 1 aromatic heterocycles. The summed E-state index contributed by atoms with van der Waals surface area (Å²) in [4.78, 5) is 4.58. The molecule has 0 unspecified atom stereocenters. The molecule has 1 heterocycles. The van der Waals surface area contributed by atoms with Crippen LogP contribution in [-0.4, -0.2) is 4.98 Å². The molecule has 0 atom stereocenters. The molecule has 1 heteroatoms. The Kier molecular flexibility index (Phi) is 4.84. The third-order valence-corrected chi connectivity index (χ3v) is 4.96. The van der Waals surface area contributed by atoms with Gasteiger partial charge >= 0.3 is 0 Å². The fraction of sp³-hybridized carbons (Fsp3) is 0.115. The summed E-state index contributed by atoms with van der Waals surface area (Å²) in [5, 5.41) is 0. The largest absolute Gasteiger partial charge is 0.256 e. The average Bonchev–Trinajstić information content (AvgIpc) is 2.75. The van der Waals surface area contributed by atoms with Crippen molar-refractivity contribution in [2.45, 2.75) is 19.8 Å². The molecule has 4 aromatic rings. The van der Waals surface area contributed by atoms with Crippen molar-refractivity contribution < 1.29 is 0 Å². The first-order chi connectivity index (χ1) is 13.2. The SMILES string of the molecule is CC(C)c1ccc(-c2ccnc(-c3ccc(-c4ccccc4)cc3)c2)cc1. The zero-order chi connectivity index (χ0) is 18.6. The van der Waals surface area contributed by atoms with E-state index in [4.69, 9.17) is 0 Å². The summed E-state index contributed by atoms with van der Waals surface area (Å²) in [5.41, 5.74) is 8.38. The van der Waals surface area contributed by atoms with E-state index in [1.807, 2.05) is 12.3 Å². The quantitative estimate of drug-likeness (QED) is 0.379. The van der Waals surface area contributed by atoms with Crippen LogP contribution in [0.2, 0.25) is 0 Å². The van der Waals surface area contributed by atoms with Crippen LogP contribution >= 0.6 is 0 Å². The van der Waals surface area contributed by atoms with Crippen molar-refractivity contribution in [3.05, 3.63) is 103 Å². The smallest absolute Gasteiger partial charge is 0.0708 e. The number of hydrogen-bond acceptors (Lipinski definition) is 1. The van der Waals surface area contributed by atoms with Crippen LogP contribution in [0.3, 0.4) is 0 Å². The first kappa shape index (κ1) is 17.2. The van der Waals surface area contributed by atoms with E-state index in [0.717, 1.165) is 11.3 Å². The molecule has 0 N–H and O–H groups in total. The van der Waals surface area contributed by atoms with Crippen molar-refractivity contribution in [2.24, 2.45) is 0 Å². The molecule has 0 amide bonds. The molecular weight excluding hydrogens is 326 g/mol. The molecule has 27 heavy (non-hydrogen) atoms. The second-order valence-corrected chi connectivity index (χ2v) is 7.15. The van der Waals surface area contributed by atoms with Gasteiger partial charge in [0.25, 0.3) is 0 Å². The first-order valence-electron chi connectivity index (χ1n) is 9.43. The maximum absolute atomic E-state index is 4.58. The van der Waals surface area contributed by atoms with Gasteiger partial charge in [0.1, 0.15) is 0 Å². The van der Waals surface area contributed by atoms with Gasteiger partial charge in [-0.2, -0.15) is 0 Å². The molecular formula is C26H23N. The lowest BCUT2D eigenvalue weighted by Gasteiger charge is -2.09. The lowest BCUT2D eigenvalue weighted by molar-refractivity contribution is 0.867. The van der Waals surface area contributed by atoms with Crippen molar-refractivity contribution in [1.29, 1.82) is 0 Å². The van der Waals surface area contributed by atoms with Crippen molar-refractivity contribution in [2.75, 3.05) is 0 Å². The summed E-state index contributed by atoms with van der Waals surface area (Å²) in [6.07, 6.45) is 1.89. The van der Waals surface area contributed by atoms with Crippen molar-refractivity contribution in [1.82, 2.24) is 4.98 Å². The number of hydrogen-bond donors (Lipinski definition) is 0. The number of pyridine rings is 1. The molecule has 0 aliphatic carbocycles. The molecule has 4 rings (SSSR count). The van der Waals surface area contributed by atoms with Gasteiger partial charge in [-0.05, 0) is 45.9 Å². The predicted molar refractivity (Wildman–Crippen MR) is 115 cm³/mol. The summed E-state index contributed by atoms with van der Waals surface area (Å²) < 4.78 is 0. The zero-order valence-corrected chi connectivity index (χ0v) is 15.8. The van der Waals surface area contributed by atoms with Gasteiger partial charge in [0.15, 0.2) is 0 Å². The summed E-state index contributed by atoms with van der Waals surface area (Å²) in [6.45, 7) is 4.44. The second-order valence-electron chi connectivity index (χ2n) is 7.15. The van der Waals surface area contributed by atoms with Gasteiger partial charge < -0.3 is 0 Å². The lowest BCUT2D eigenvalue weighted by Crippen LogP contribution is -1.88. The van der Waals surface area contributed by atoms with E-state index in [2.05, 4.69) is 104 Å². The molecule has 0 fully saturated rings. The van der Waals surface area contributed by atoms with Gasteiger partial charge in [-0.3, -0.25) is 4.98 Å². The highest BCUT2D eigenvalue weighted by atomic mass is 14.7. The van der Waals surface area contributed by atoms with E-state index in [9.17, 15) is 0 Å². The van der Waals surface area contributed by atoms with E-state index in [1.54, 1.807) is 0 Å². The van der Waals surface area contributed by atoms with E-state index in [1.165, 1.54) is 27.8 Å². The predicted octanol–water partition coefficient (Wildman–Crippen LogP) is 7.21. The maximum atomic E-state index is 4.58. The lowest BCUT2D eigenvalue weighted by atomic mass is 9.98. The number of benzene rings is 3. The van der Waals surface area contributed by atoms with Gasteiger partial charge in [-0.1, -0.05) is 92.7 Å². The molecule has 0 radical (unpaired) electrons. The van der Waals surface area contributed by atoms with E-state index < -0.39 is 0 Å². The van der Waals surface area contributed by atoms with Crippen LogP contribution in [0.4, 0.5) is 0 Å². The van der Waals surface area contributed by atoms with Crippen LogP contribution in [0, 0.1) is 0 Å². The minimum atomic E-state index is 0.551. The molecule has 0 spiro atoms. The highest BCUT2D eigenvalue weighted by Crippen LogP contribution is 2.28. The molecule has 0 saturated heterocycles. The van der Waals surface area contributed by atoms with Crippen molar-refractivity contribution >= 4 is 0 Å². The maximum Gasteiger partial charge on any atom is 0.0708 e. The Morgan fingerprint density at radius 2 is 1.11 bits per heavy atom. The standard InChI is InChI=1S/C26H23N/c1-19(2)20-8-10-23(11-9-20)25-16-17-27-26(18-25)24-14-12-22(13-15-24)21-6-4-3-5-7-21/h3-19H,1-2H3. The monoisotopic (exact) mass is 349 g/mol. The number of nitrogens with zero attached hydrogens (tertiary/aromatic N) is 1. The first-order valence-corrected chi connectivity index (χ1v) is 9.43. The summed E-state index contributed by atoms with van der Waals surface area (Å²) >= 11 is 0. The van der Waals surface area contributed by atoms with Crippen LogP contribution in [0.5, 0.6) is 0 Å². The Balaban J connectivity index is 1.62. The fourth-order valence-electron chi connectivity index (χ4n) is 3.29. The summed E-state index contributed by atoms with van der Waals surface area (Å²) in [7, 11) is 0. The van der Waals surface area contributed by atoms with Gasteiger partial charge in [-0.15, -0.1) is 0 Å². The highest BCUT2D eigenvalue weighted by Gasteiger charge is 2.05. The van der Waals surface area contributed by atoms with Gasteiger partial charge in [0, 0.05) is 11.8 Å². The Morgan fingerprint density at radius 3 is 1.78 bits per heavy atom. The Morgan fingerprint density at radius 1 is 0.556 bits per heavy atom. The third kappa shape index (κ3) is 3.83. The molecule has 0 saturated carbocycles. The highest BCUT2D eigenvalue weighted by molar-refractivity contribution is 5.73. The molecule has 3 aromatic carbocycles. The zero-order valence-electron chi connectivity index (χ0n) is 15.8. The van der Waals surface area contributed by atoms with E-state index >= 15 is 0 Å². The Labute approximate surface area is 161 Å². The van der Waals surface area contributed by atoms with Gasteiger partial charge in [0.2, 0.25) is 0 Å². The molecule has 0 aliphatic rings. The van der Waals surface area contributed by atoms with Gasteiger partial charge in [-0.25, -0.2) is 0 Å². The van der Waals surface area contributed by atoms with E-state index in [-0.39, 0.29) is 0 Å². The van der Waals surface area contributed by atoms with Crippen LogP contribution < -0.4 is 0 Å². The normalized spacial score (nSPS) is 10.9. The molecule has 0 bridgehead atoms. The molecule has 0 aliphatic heterocycles. The van der Waals surface area contributed by atoms with Crippen LogP contribution in [0.1, 0.15) is 25.3 Å². The van der Waals surface area contributed by atoms with Gasteiger partial charge in [0.05, 0.1) is 5.69 Å². The number of rotatable bonds is 4. The third-order valence-electron chi connectivity index (χ3n) is 4.96. The van der Waals surface area contributed by atoms with Crippen molar-refractivity contribution in [3.8, 4) is 33.5 Å². The minimum absolute atomic E-state index is 0.551. The van der Waals surface area contributed by atoms with Crippen molar-refractivity contribution in [3.63, 3.8) is 0 Å². The fourth-order valence-corrected chi connectivity index (χ4v) is 3.29. The Bertz CT molecular complexity index is 1010. The molecule has 1 nitrogen and oxygen atoms in total. The summed E-state index contributed by atoms with van der Waals surface area (Å²) in [6, 6.07) is 32.2. The van der Waals surface area contributed by atoms with Crippen LogP contribution in [-0.2, 0) is 0 Å². The Hall–Kier alpha value is -3.19. The second kappa shape index (κ2) is 7.59. The average molecular weight is 349 g/mol.